The van der Waals surface area contributed by atoms with Gasteiger partial charge in [0.05, 0.1) is 10.3 Å². The Morgan fingerprint density at radius 1 is 1.21 bits per heavy atom. The van der Waals surface area contributed by atoms with Gasteiger partial charge in [0.15, 0.2) is 0 Å². The zero-order valence-electron chi connectivity index (χ0n) is 11.6. The van der Waals surface area contributed by atoms with Crippen molar-refractivity contribution in [1.29, 1.82) is 0 Å². The summed E-state index contributed by atoms with van der Waals surface area (Å²) in [6, 6.07) is 9.25. The summed E-state index contributed by atoms with van der Waals surface area (Å²) in [5.74, 6) is 0. The quantitative estimate of drug-likeness (QED) is 0.794. The van der Waals surface area contributed by atoms with E-state index < -0.39 is 0 Å². The van der Waals surface area contributed by atoms with Gasteiger partial charge >= 0.3 is 0 Å². The van der Waals surface area contributed by atoms with Crippen LogP contribution in [0.1, 0.15) is 36.1 Å². The standard InChI is InChI=1S/C16H19NS2/c1-10-5-4-6-14(12(10)3)17-15-9-11(2)19-16-13(15)7-8-18-16/h4-8,11,15,17H,9H2,1-3H3/t11-,15?/m0/s1. The smallest absolute Gasteiger partial charge is 0.0653 e. The highest BCUT2D eigenvalue weighted by atomic mass is 32.2. The van der Waals surface area contributed by atoms with E-state index in [2.05, 4.69) is 55.7 Å². The van der Waals surface area contributed by atoms with Crippen LogP contribution >= 0.6 is 23.1 Å². The van der Waals surface area contributed by atoms with E-state index in [0.29, 0.717) is 11.3 Å². The topological polar surface area (TPSA) is 12.0 Å². The summed E-state index contributed by atoms with van der Waals surface area (Å²) in [5, 5.41) is 6.66. The minimum absolute atomic E-state index is 0.456. The Balaban J connectivity index is 1.90. The number of hydrogen-bond donors (Lipinski definition) is 1. The molecule has 3 heteroatoms. The summed E-state index contributed by atoms with van der Waals surface area (Å²) >= 11 is 3.89. The van der Waals surface area contributed by atoms with E-state index in [1.165, 1.54) is 33.0 Å². The number of rotatable bonds is 2. The number of thioether (sulfide) groups is 1. The molecule has 0 amide bonds. The van der Waals surface area contributed by atoms with Crippen molar-refractivity contribution in [2.75, 3.05) is 5.32 Å². The van der Waals surface area contributed by atoms with Gasteiger partial charge in [0.2, 0.25) is 0 Å². The summed E-state index contributed by atoms with van der Waals surface area (Å²) < 4.78 is 1.49. The molecular weight excluding hydrogens is 270 g/mol. The lowest BCUT2D eigenvalue weighted by Crippen LogP contribution is -2.19. The molecule has 3 rings (SSSR count). The average Bonchev–Trinajstić information content (AvgIpc) is 2.83. The monoisotopic (exact) mass is 289 g/mol. The zero-order valence-corrected chi connectivity index (χ0v) is 13.2. The molecule has 2 heterocycles. The van der Waals surface area contributed by atoms with Gasteiger partial charge < -0.3 is 5.32 Å². The van der Waals surface area contributed by atoms with E-state index in [1.807, 2.05) is 23.1 Å². The lowest BCUT2D eigenvalue weighted by atomic mass is 10.0. The molecule has 1 aromatic carbocycles. The largest absolute Gasteiger partial charge is 0.378 e. The molecule has 1 aliphatic heterocycles. The van der Waals surface area contributed by atoms with Gasteiger partial charge in [0, 0.05) is 10.9 Å². The van der Waals surface area contributed by atoms with Crippen molar-refractivity contribution in [3.63, 3.8) is 0 Å². The molecule has 0 radical (unpaired) electrons. The molecule has 19 heavy (non-hydrogen) atoms. The van der Waals surface area contributed by atoms with Gasteiger partial charge in [-0.1, -0.05) is 19.1 Å². The van der Waals surface area contributed by atoms with Crippen molar-refractivity contribution in [3.8, 4) is 0 Å². The lowest BCUT2D eigenvalue weighted by Gasteiger charge is -2.29. The van der Waals surface area contributed by atoms with Gasteiger partial charge in [-0.25, -0.2) is 0 Å². The zero-order chi connectivity index (χ0) is 13.4. The molecular formula is C16H19NS2. The summed E-state index contributed by atoms with van der Waals surface area (Å²) in [6.07, 6.45) is 1.20. The summed E-state index contributed by atoms with van der Waals surface area (Å²) in [7, 11) is 0. The van der Waals surface area contributed by atoms with Gasteiger partial charge in [-0.2, -0.15) is 0 Å². The van der Waals surface area contributed by atoms with Crippen molar-refractivity contribution in [1.82, 2.24) is 0 Å². The third-order valence-corrected chi connectivity index (χ3v) is 6.19. The third kappa shape index (κ3) is 2.54. The molecule has 1 unspecified atom stereocenters. The number of fused-ring (bicyclic) bond motifs is 1. The van der Waals surface area contributed by atoms with Crippen LogP contribution in [0.5, 0.6) is 0 Å². The molecule has 0 spiro atoms. The summed E-state index contributed by atoms with van der Waals surface area (Å²) in [4.78, 5) is 0. The molecule has 0 aliphatic carbocycles. The highest BCUT2D eigenvalue weighted by Crippen LogP contribution is 2.45. The molecule has 1 aliphatic rings. The number of anilines is 1. The molecule has 1 N–H and O–H groups in total. The van der Waals surface area contributed by atoms with Gasteiger partial charge in [-0.15, -0.1) is 23.1 Å². The Bertz CT molecular complexity index is 588. The van der Waals surface area contributed by atoms with Crippen LogP contribution in [0.3, 0.4) is 0 Å². The predicted molar refractivity (Wildman–Crippen MR) is 86.5 cm³/mol. The van der Waals surface area contributed by atoms with Crippen molar-refractivity contribution < 1.29 is 0 Å². The molecule has 1 nitrogen and oxygen atoms in total. The first kappa shape index (κ1) is 13.1. The van der Waals surface area contributed by atoms with E-state index in [4.69, 9.17) is 0 Å². The number of hydrogen-bond acceptors (Lipinski definition) is 3. The highest BCUT2D eigenvalue weighted by molar-refractivity contribution is 8.01. The van der Waals surface area contributed by atoms with Gasteiger partial charge in [0.25, 0.3) is 0 Å². The SMILES string of the molecule is Cc1cccc(NC2C[C@H](C)Sc3sccc32)c1C. The van der Waals surface area contributed by atoms with Crippen LogP contribution in [0.25, 0.3) is 0 Å². The molecule has 1 aromatic heterocycles. The molecule has 100 valence electrons. The first-order chi connectivity index (χ1) is 9.15. The Morgan fingerprint density at radius 2 is 2.05 bits per heavy atom. The van der Waals surface area contributed by atoms with Crippen molar-refractivity contribution >= 4 is 28.8 Å². The minimum atomic E-state index is 0.456. The molecule has 2 atom stereocenters. The van der Waals surface area contributed by atoms with Crippen LogP contribution < -0.4 is 5.32 Å². The Kier molecular flexibility index (Phi) is 3.59. The number of benzene rings is 1. The maximum Gasteiger partial charge on any atom is 0.0653 e. The fraction of sp³-hybridized carbons (Fsp3) is 0.375. The molecule has 2 aromatic rings. The molecule has 0 bridgehead atoms. The Hall–Kier alpha value is -0.930. The maximum absolute atomic E-state index is 3.76. The van der Waals surface area contributed by atoms with Crippen LogP contribution in [-0.2, 0) is 0 Å². The van der Waals surface area contributed by atoms with E-state index >= 15 is 0 Å². The average molecular weight is 289 g/mol. The van der Waals surface area contributed by atoms with E-state index in [0.717, 1.165) is 0 Å². The second-order valence-electron chi connectivity index (χ2n) is 5.27. The second-order valence-corrected chi connectivity index (χ2v) is 7.90. The van der Waals surface area contributed by atoms with Crippen LogP contribution in [0.15, 0.2) is 33.9 Å². The summed E-state index contributed by atoms with van der Waals surface area (Å²) in [6.45, 7) is 6.70. The first-order valence-corrected chi connectivity index (χ1v) is 8.48. The molecule has 0 fully saturated rings. The minimum Gasteiger partial charge on any atom is -0.378 e. The Morgan fingerprint density at radius 3 is 2.89 bits per heavy atom. The predicted octanol–water partition coefficient (Wildman–Crippen LogP) is 5.40. The highest BCUT2D eigenvalue weighted by Gasteiger charge is 2.26. The number of thiophene rings is 1. The number of aryl methyl sites for hydroxylation is 1. The third-order valence-electron chi connectivity index (χ3n) is 3.84. The van der Waals surface area contributed by atoms with Crippen LogP contribution in [-0.4, -0.2) is 5.25 Å². The van der Waals surface area contributed by atoms with E-state index in [9.17, 15) is 0 Å². The van der Waals surface area contributed by atoms with E-state index in [1.54, 1.807) is 0 Å². The van der Waals surface area contributed by atoms with Crippen molar-refractivity contribution in [3.05, 3.63) is 46.3 Å². The van der Waals surface area contributed by atoms with E-state index in [-0.39, 0.29) is 0 Å². The normalized spacial score (nSPS) is 22.1. The molecule has 0 saturated carbocycles. The molecule has 0 saturated heterocycles. The first-order valence-electron chi connectivity index (χ1n) is 6.72. The van der Waals surface area contributed by atoms with Crippen LogP contribution in [0.2, 0.25) is 0 Å². The fourth-order valence-corrected chi connectivity index (χ4v) is 5.15. The second kappa shape index (κ2) is 5.22. The summed E-state index contributed by atoms with van der Waals surface area (Å²) in [5.41, 5.74) is 5.48. The van der Waals surface area contributed by atoms with Crippen LogP contribution in [0, 0.1) is 13.8 Å². The van der Waals surface area contributed by atoms with Crippen LogP contribution in [0.4, 0.5) is 5.69 Å². The number of nitrogens with one attached hydrogen (secondary N) is 1. The maximum atomic E-state index is 3.76. The van der Waals surface area contributed by atoms with Gasteiger partial charge in [-0.3, -0.25) is 0 Å². The Labute approximate surface area is 123 Å². The fourth-order valence-electron chi connectivity index (χ4n) is 2.58. The van der Waals surface area contributed by atoms with Gasteiger partial charge in [0.1, 0.15) is 0 Å². The van der Waals surface area contributed by atoms with Gasteiger partial charge in [-0.05, 0) is 54.5 Å². The van der Waals surface area contributed by atoms with Crippen molar-refractivity contribution in [2.45, 2.75) is 42.7 Å². The lowest BCUT2D eigenvalue weighted by molar-refractivity contribution is 0.669. The van der Waals surface area contributed by atoms with Crippen molar-refractivity contribution in [2.24, 2.45) is 0 Å².